The molecule has 0 aliphatic carbocycles. The standard InChI is InChI=1S/C24H20N2S/c1-2-9-19(10-3-1)25(17-15-20-11-8-18-27-20)24-21-12-4-5-13-22(21)26-16-7-6-14-23(24)26/h1-14,16,18H,15,17H2. The highest BCUT2D eigenvalue weighted by Gasteiger charge is 2.18. The zero-order valence-electron chi connectivity index (χ0n) is 15.0. The summed E-state index contributed by atoms with van der Waals surface area (Å²) in [5.74, 6) is 0. The minimum atomic E-state index is 0.948. The van der Waals surface area contributed by atoms with Gasteiger partial charge in [-0.15, -0.1) is 11.3 Å². The second kappa shape index (κ2) is 6.93. The molecular weight excluding hydrogens is 348 g/mol. The molecule has 27 heavy (non-hydrogen) atoms. The molecule has 2 nitrogen and oxygen atoms in total. The summed E-state index contributed by atoms with van der Waals surface area (Å²) in [5.41, 5.74) is 5.01. The molecule has 3 aromatic heterocycles. The topological polar surface area (TPSA) is 7.65 Å². The molecule has 0 fully saturated rings. The Labute approximate surface area is 162 Å². The molecule has 132 valence electrons. The zero-order chi connectivity index (χ0) is 18.1. The van der Waals surface area contributed by atoms with Gasteiger partial charge in [-0.25, -0.2) is 0 Å². The van der Waals surface area contributed by atoms with Crippen molar-refractivity contribution in [2.24, 2.45) is 0 Å². The van der Waals surface area contributed by atoms with E-state index in [1.807, 2.05) is 11.3 Å². The summed E-state index contributed by atoms with van der Waals surface area (Å²) in [6.07, 6.45) is 3.19. The number of thiophene rings is 1. The number of anilines is 2. The van der Waals surface area contributed by atoms with Gasteiger partial charge in [-0.1, -0.05) is 48.5 Å². The van der Waals surface area contributed by atoms with Crippen molar-refractivity contribution in [1.82, 2.24) is 4.40 Å². The number of nitrogens with zero attached hydrogens (tertiary/aromatic N) is 2. The Morgan fingerprint density at radius 3 is 2.37 bits per heavy atom. The van der Waals surface area contributed by atoms with Gasteiger partial charge >= 0.3 is 0 Å². The molecule has 0 radical (unpaired) electrons. The Morgan fingerprint density at radius 1 is 0.741 bits per heavy atom. The molecule has 5 rings (SSSR count). The molecule has 0 unspecified atom stereocenters. The van der Waals surface area contributed by atoms with Crippen molar-refractivity contribution < 1.29 is 0 Å². The first-order valence-electron chi connectivity index (χ1n) is 9.24. The monoisotopic (exact) mass is 368 g/mol. The van der Waals surface area contributed by atoms with Gasteiger partial charge in [0, 0.05) is 28.7 Å². The molecule has 5 aromatic rings. The summed E-state index contributed by atoms with van der Waals surface area (Å²) in [4.78, 5) is 3.89. The van der Waals surface area contributed by atoms with Crippen LogP contribution >= 0.6 is 11.3 Å². The molecule has 0 N–H and O–H groups in total. The Balaban J connectivity index is 1.71. The maximum Gasteiger partial charge on any atom is 0.0750 e. The fraction of sp³-hybridized carbons (Fsp3) is 0.0833. The van der Waals surface area contributed by atoms with Crippen LogP contribution in [0.2, 0.25) is 0 Å². The van der Waals surface area contributed by atoms with Gasteiger partial charge in [-0.05, 0) is 48.2 Å². The predicted molar refractivity (Wildman–Crippen MR) is 116 cm³/mol. The van der Waals surface area contributed by atoms with Crippen molar-refractivity contribution in [3.05, 3.63) is 101 Å². The van der Waals surface area contributed by atoms with E-state index in [1.54, 1.807) is 0 Å². The lowest BCUT2D eigenvalue weighted by atomic mass is 10.1. The van der Waals surface area contributed by atoms with Crippen molar-refractivity contribution >= 4 is 39.1 Å². The predicted octanol–water partition coefficient (Wildman–Crippen LogP) is 6.53. The number of benzene rings is 2. The van der Waals surface area contributed by atoms with Crippen LogP contribution in [0.15, 0.2) is 96.5 Å². The Bertz CT molecular complexity index is 1120. The van der Waals surface area contributed by atoms with Crippen molar-refractivity contribution in [2.45, 2.75) is 6.42 Å². The Hall–Kier alpha value is -3.04. The fourth-order valence-electron chi connectivity index (χ4n) is 3.81. The van der Waals surface area contributed by atoms with Crippen LogP contribution in [-0.4, -0.2) is 10.9 Å². The van der Waals surface area contributed by atoms with Gasteiger partial charge in [0.25, 0.3) is 0 Å². The average Bonchev–Trinajstić information content (AvgIpc) is 3.36. The number of para-hydroxylation sites is 2. The molecule has 0 amide bonds. The number of hydrogen-bond acceptors (Lipinski definition) is 2. The SMILES string of the molecule is c1ccc(N(CCc2cccs2)c2c3ccccc3n3ccccc23)cc1. The minimum absolute atomic E-state index is 0.948. The van der Waals surface area contributed by atoms with E-state index in [0.717, 1.165) is 13.0 Å². The number of rotatable bonds is 5. The van der Waals surface area contributed by atoms with Gasteiger partial charge < -0.3 is 9.30 Å². The van der Waals surface area contributed by atoms with Crippen molar-refractivity contribution in [3.8, 4) is 0 Å². The molecule has 2 aromatic carbocycles. The normalized spacial score (nSPS) is 11.3. The molecular formula is C24H20N2S. The van der Waals surface area contributed by atoms with E-state index in [-0.39, 0.29) is 0 Å². The summed E-state index contributed by atoms with van der Waals surface area (Å²) in [6, 6.07) is 30.2. The van der Waals surface area contributed by atoms with Crippen LogP contribution in [0.25, 0.3) is 16.4 Å². The summed E-state index contributed by atoms with van der Waals surface area (Å²) < 4.78 is 2.30. The molecule has 0 saturated carbocycles. The van der Waals surface area contributed by atoms with Crippen molar-refractivity contribution in [1.29, 1.82) is 0 Å². The van der Waals surface area contributed by atoms with Crippen LogP contribution in [0, 0.1) is 0 Å². The van der Waals surface area contributed by atoms with Gasteiger partial charge in [-0.3, -0.25) is 0 Å². The molecule has 0 saturated heterocycles. The molecule has 3 heterocycles. The summed E-state index contributed by atoms with van der Waals surface area (Å²) in [7, 11) is 0. The second-order valence-electron chi connectivity index (χ2n) is 6.64. The molecule has 3 heteroatoms. The van der Waals surface area contributed by atoms with Crippen LogP contribution in [-0.2, 0) is 6.42 Å². The fourth-order valence-corrected chi connectivity index (χ4v) is 4.50. The number of hydrogen-bond donors (Lipinski definition) is 0. The average molecular weight is 369 g/mol. The van der Waals surface area contributed by atoms with Crippen LogP contribution in [0.3, 0.4) is 0 Å². The molecule has 0 bridgehead atoms. The highest BCUT2D eigenvalue weighted by molar-refractivity contribution is 7.09. The first kappa shape index (κ1) is 16.2. The van der Waals surface area contributed by atoms with E-state index in [0.29, 0.717) is 0 Å². The summed E-state index contributed by atoms with van der Waals surface area (Å²) in [6.45, 7) is 0.948. The van der Waals surface area contributed by atoms with Crippen LogP contribution < -0.4 is 4.90 Å². The van der Waals surface area contributed by atoms with E-state index >= 15 is 0 Å². The van der Waals surface area contributed by atoms with Crippen LogP contribution in [0.5, 0.6) is 0 Å². The van der Waals surface area contributed by atoms with Gasteiger partial charge in [-0.2, -0.15) is 0 Å². The third-order valence-corrected chi connectivity index (χ3v) is 5.96. The third-order valence-electron chi connectivity index (χ3n) is 5.02. The maximum atomic E-state index is 2.47. The van der Waals surface area contributed by atoms with Gasteiger partial charge in [0.2, 0.25) is 0 Å². The number of fused-ring (bicyclic) bond motifs is 3. The van der Waals surface area contributed by atoms with Crippen molar-refractivity contribution in [3.63, 3.8) is 0 Å². The smallest absolute Gasteiger partial charge is 0.0750 e. The largest absolute Gasteiger partial charge is 0.339 e. The van der Waals surface area contributed by atoms with E-state index in [2.05, 4.69) is 106 Å². The van der Waals surface area contributed by atoms with E-state index in [4.69, 9.17) is 0 Å². The zero-order valence-corrected chi connectivity index (χ0v) is 15.8. The lowest BCUT2D eigenvalue weighted by Crippen LogP contribution is -2.20. The lowest BCUT2D eigenvalue weighted by molar-refractivity contribution is 0.933. The second-order valence-corrected chi connectivity index (χ2v) is 7.67. The number of aromatic nitrogens is 1. The molecule has 0 spiro atoms. The van der Waals surface area contributed by atoms with Gasteiger partial charge in [0.15, 0.2) is 0 Å². The van der Waals surface area contributed by atoms with Crippen LogP contribution in [0.1, 0.15) is 4.88 Å². The molecule has 0 aliphatic heterocycles. The molecule has 0 aliphatic rings. The highest BCUT2D eigenvalue weighted by atomic mass is 32.1. The van der Waals surface area contributed by atoms with E-state index in [9.17, 15) is 0 Å². The van der Waals surface area contributed by atoms with E-state index < -0.39 is 0 Å². The first-order valence-corrected chi connectivity index (χ1v) is 10.1. The summed E-state index contributed by atoms with van der Waals surface area (Å²) >= 11 is 1.83. The Kier molecular flexibility index (Phi) is 4.15. The summed E-state index contributed by atoms with van der Waals surface area (Å²) in [5, 5.41) is 3.45. The van der Waals surface area contributed by atoms with Gasteiger partial charge in [0.05, 0.1) is 16.7 Å². The van der Waals surface area contributed by atoms with Crippen molar-refractivity contribution in [2.75, 3.05) is 11.4 Å². The van der Waals surface area contributed by atoms with Crippen LogP contribution in [0.4, 0.5) is 11.4 Å². The molecule has 0 atom stereocenters. The quantitative estimate of drug-likeness (QED) is 0.342. The van der Waals surface area contributed by atoms with Gasteiger partial charge in [0.1, 0.15) is 0 Å². The highest BCUT2D eigenvalue weighted by Crippen LogP contribution is 2.38. The maximum absolute atomic E-state index is 2.47. The Morgan fingerprint density at radius 2 is 1.52 bits per heavy atom. The lowest BCUT2D eigenvalue weighted by Gasteiger charge is -2.25. The van der Waals surface area contributed by atoms with E-state index in [1.165, 1.54) is 32.7 Å². The first-order chi connectivity index (χ1) is 13.4. The third kappa shape index (κ3) is 2.90. The minimum Gasteiger partial charge on any atom is -0.339 e. The number of pyridine rings is 1.